The van der Waals surface area contributed by atoms with Gasteiger partial charge in [0.1, 0.15) is 13.2 Å². The number of benzene rings is 2. The average Bonchev–Trinajstić information content (AvgIpc) is 2.71. The van der Waals surface area contributed by atoms with Crippen molar-refractivity contribution in [2.45, 2.75) is 38.6 Å². The van der Waals surface area contributed by atoms with Crippen molar-refractivity contribution in [1.29, 1.82) is 0 Å². The molecule has 0 radical (unpaired) electrons. The van der Waals surface area contributed by atoms with Gasteiger partial charge >= 0.3 is 12.1 Å². The van der Waals surface area contributed by atoms with Crippen LogP contribution in [0.3, 0.4) is 0 Å². The number of hydrogen-bond acceptors (Lipinski definition) is 5. The fourth-order valence-electron chi connectivity index (χ4n) is 2.37. The van der Waals surface area contributed by atoms with E-state index < -0.39 is 18.2 Å². The molecule has 0 fully saturated rings. The number of alkyl carbamates (subject to hydrolysis) is 1. The van der Waals surface area contributed by atoms with E-state index in [9.17, 15) is 14.7 Å². The third-order valence-electron chi connectivity index (χ3n) is 3.88. The van der Waals surface area contributed by atoms with Crippen LogP contribution >= 0.6 is 0 Å². The smallest absolute Gasteiger partial charge is 0.407 e. The van der Waals surface area contributed by atoms with Gasteiger partial charge in [-0.15, -0.1) is 0 Å². The van der Waals surface area contributed by atoms with Crippen LogP contribution in [0.2, 0.25) is 0 Å². The van der Waals surface area contributed by atoms with Gasteiger partial charge in [0.2, 0.25) is 0 Å². The standard InChI is InChI=1S/C21H25NO5/c23-19(20(24)26-15-17-9-3-1-4-10-17)13-7-8-14-22-21(25)27-16-18-11-5-2-6-12-18/h1-6,9-12,19,23H,7-8,13-16H2,(H,22,25). The zero-order chi connectivity index (χ0) is 19.3. The molecule has 144 valence electrons. The second-order valence-electron chi connectivity index (χ2n) is 6.09. The first-order valence-electron chi connectivity index (χ1n) is 8.98. The molecule has 2 N–H and O–H groups in total. The third-order valence-corrected chi connectivity index (χ3v) is 3.88. The summed E-state index contributed by atoms with van der Waals surface area (Å²) >= 11 is 0. The quantitative estimate of drug-likeness (QED) is 0.495. The van der Waals surface area contributed by atoms with Crippen molar-refractivity contribution in [3.8, 4) is 0 Å². The minimum atomic E-state index is -1.15. The van der Waals surface area contributed by atoms with Crippen molar-refractivity contribution in [3.05, 3.63) is 71.8 Å². The van der Waals surface area contributed by atoms with Crippen LogP contribution in [0, 0.1) is 0 Å². The van der Waals surface area contributed by atoms with Crippen LogP contribution in [0.5, 0.6) is 0 Å². The van der Waals surface area contributed by atoms with Crippen LogP contribution < -0.4 is 5.32 Å². The number of unbranched alkanes of at least 4 members (excludes halogenated alkanes) is 1. The lowest BCUT2D eigenvalue weighted by molar-refractivity contribution is -0.155. The number of hydrogen-bond donors (Lipinski definition) is 2. The number of aliphatic hydroxyl groups excluding tert-OH is 1. The molecule has 0 bridgehead atoms. The van der Waals surface area contributed by atoms with E-state index in [1.54, 1.807) is 0 Å². The Hall–Kier alpha value is -2.86. The molecule has 0 saturated heterocycles. The maximum absolute atomic E-state index is 11.7. The number of nitrogens with one attached hydrogen (secondary N) is 1. The first-order valence-corrected chi connectivity index (χ1v) is 8.98. The zero-order valence-corrected chi connectivity index (χ0v) is 15.2. The van der Waals surface area contributed by atoms with E-state index in [1.165, 1.54) is 0 Å². The number of carbonyl (C=O) groups excluding carboxylic acids is 2. The second-order valence-corrected chi connectivity index (χ2v) is 6.09. The Morgan fingerprint density at radius 2 is 1.41 bits per heavy atom. The summed E-state index contributed by atoms with van der Waals surface area (Å²) in [6.07, 6.45) is -0.140. The lowest BCUT2D eigenvalue weighted by Gasteiger charge is -2.11. The van der Waals surface area contributed by atoms with Crippen LogP contribution in [-0.2, 0) is 27.5 Å². The SMILES string of the molecule is O=C(NCCCCC(O)C(=O)OCc1ccccc1)OCc1ccccc1. The van der Waals surface area contributed by atoms with Gasteiger partial charge < -0.3 is 19.9 Å². The summed E-state index contributed by atoms with van der Waals surface area (Å²) in [6.45, 7) is 0.781. The van der Waals surface area contributed by atoms with Crippen LogP contribution in [-0.4, -0.2) is 29.8 Å². The normalized spacial score (nSPS) is 11.4. The molecule has 0 saturated carbocycles. The molecule has 2 rings (SSSR count). The van der Waals surface area contributed by atoms with Gasteiger partial charge in [-0.1, -0.05) is 60.7 Å². The molecule has 2 aromatic carbocycles. The van der Waals surface area contributed by atoms with Crippen LogP contribution in [0.4, 0.5) is 4.79 Å². The van der Waals surface area contributed by atoms with Gasteiger partial charge in [-0.25, -0.2) is 9.59 Å². The number of carbonyl (C=O) groups is 2. The Morgan fingerprint density at radius 3 is 2.00 bits per heavy atom. The molecule has 6 nitrogen and oxygen atoms in total. The van der Waals surface area contributed by atoms with Gasteiger partial charge in [0.05, 0.1) is 0 Å². The summed E-state index contributed by atoms with van der Waals surface area (Å²) in [5.41, 5.74) is 1.79. The molecule has 0 aliphatic rings. The van der Waals surface area contributed by atoms with E-state index >= 15 is 0 Å². The predicted octanol–water partition coefficient (Wildman–Crippen LogP) is 3.19. The van der Waals surface area contributed by atoms with Crippen molar-refractivity contribution >= 4 is 12.1 Å². The van der Waals surface area contributed by atoms with E-state index in [0.717, 1.165) is 11.1 Å². The second kappa shape index (κ2) is 11.7. The summed E-state index contributed by atoms with van der Waals surface area (Å²) in [5, 5.41) is 12.5. The predicted molar refractivity (Wildman–Crippen MR) is 101 cm³/mol. The van der Waals surface area contributed by atoms with Gasteiger partial charge in [-0.2, -0.15) is 0 Å². The summed E-state index contributed by atoms with van der Waals surface area (Å²) in [7, 11) is 0. The molecule has 6 heteroatoms. The maximum atomic E-state index is 11.7. The van der Waals surface area contributed by atoms with Gasteiger partial charge in [-0.05, 0) is 30.4 Å². The average molecular weight is 371 g/mol. The Bertz CT molecular complexity index is 690. The number of esters is 1. The monoisotopic (exact) mass is 371 g/mol. The zero-order valence-electron chi connectivity index (χ0n) is 15.2. The molecule has 1 atom stereocenters. The number of aliphatic hydroxyl groups is 1. The summed E-state index contributed by atoms with van der Waals surface area (Å²) in [4.78, 5) is 23.3. The van der Waals surface area contributed by atoms with Crippen LogP contribution in [0.1, 0.15) is 30.4 Å². The molecule has 0 spiro atoms. The van der Waals surface area contributed by atoms with Gasteiger partial charge in [0, 0.05) is 6.54 Å². The van der Waals surface area contributed by atoms with E-state index in [0.29, 0.717) is 19.4 Å². The lowest BCUT2D eigenvalue weighted by atomic mass is 10.1. The Kier molecular flexibility index (Phi) is 8.86. The van der Waals surface area contributed by atoms with Crippen molar-refractivity contribution in [1.82, 2.24) is 5.32 Å². The first kappa shape index (κ1) is 20.5. The minimum Gasteiger partial charge on any atom is -0.459 e. The molecule has 1 amide bonds. The fraction of sp³-hybridized carbons (Fsp3) is 0.333. The van der Waals surface area contributed by atoms with Gasteiger partial charge in [-0.3, -0.25) is 0 Å². The highest BCUT2D eigenvalue weighted by Crippen LogP contribution is 2.06. The largest absolute Gasteiger partial charge is 0.459 e. The van der Waals surface area contributed by atoms with Crippen LogP contribution in [0.15, 0.2) is 60.7 Å². The summed E-state index contributed by atoms with van der Waals surface area (Å²) in [6, 6.07) is 18.7. The molecule has 1 unspecified atom stereocenters. The van der Waals surface area contributed by atoms with E-state index in [2.05, 4.69) is 5.32 Å². The molecular weight excluding hydrogens is 346 g/mol. The minimum absolute atomic E-state index is 0.144. The molecular formula is C21H25NO5. The van der Waals surface area contributed by atoms with Crippen LogP contribution in [0.25, 0.3) is 0 Å². The fourth-order valence-corrected chi connectivity index (χ4v) is 2.37. The number of ether oxygens (including phenoxy) is 2. The summed E-state index contributed by atoms with van der Waals surface area (Å²) < 4.78 is 10.2. The number of rotatable bonds is 10. The molecule has 0 aliphatic carbocycles. The third kappa shape index (κ3) is 8.37. The van der Waals surface area contributed by atoms with Gasteiger partial charge in [0.25, 0.3) is 0 Å². The molecule has 0 aliphatic heterocycles. The van der Waals surface area contributed by atoms with Crippen molar-refractivity contribution < 1.29 is 24.2 Å². The lowest BCUT2D eigenvalue weighted by Crippen LogP contribution is -2.26. The van der Waals surface area contributed by atoms with E-state index in [4.69, 9.17) is 9.47 Å². The molecule has 0 heterocycles. The topological polar surface area (TPSA) is 84.9 Å². The maximum Gasteiger partial charge on any atom is 0.407 e. The van der Waals surface area contributed by atoms with Crippen molar-refractivity contribution in [2.24, 2.45) is 0 Å². The van der Waals surface area contributed by atoms with Crippen molar-refractivity contribution in [3.63, 3.8) is 0 Å². The first-order chi connectivity index (χ1) is 13.1. The molecule has 0 aromatic heterocycles. The highest BCUT2D eigenvalue weighted by Gasteiger charge is 2.16. The Labute approximate surface area is 159 Å². The Morgan fingerprint density at radius 1 is 0.852 bits per heavy atom. The summed E-state index contributed by atoms with van der Waals surface area (Å²) in [5.74, 6) is -0.630. The van der Waals surface area contributed by atoms with Gasteiger partial charge in [0.15, 0.2) is 6.10 Å². The molecule has 2 aromatic rings. The van der Waals surface area contributed by atoms with Crippen molar-refractivity contribution in [2.75, 3.05) is 6.54 Å². The van der Waals surface area contributed by atoms with E-state index in [-0.39, 0.29) is 19.6 Å². The number of amides is 1. The molecule has 27 heavy (non-hydrogen) atoms. The Balaban J connectivity index is 1.51. The highest BCUT2D eigenvalue weighted by atomic mass is 16.6. The van der Waals surface area contributed by atoms with E-state index in [1.807, 2.05) is 60.7 Å². The highest BCUT2D eigenvalue weighted by molar-refractivity contribution is 5.74.